The van der Waals surface area contributed by atoms with Gasteiger partial charge in [-0.05, 0) is 58.4 Å². The van der Waals surface area contributed by atoms with Crippen molar-refractivity contribution < 1.29 is 24.5 Å². The number of hydrogen-bond acceptors (Lipinski definition) is 6. The number of piperidine rings is 1. The molecule has 0 aromatic carbocycles. The van der Waals surface area contributed by atoms with E-state index in [1.54, 1.807) is 27.0 Å². The molecule has 8 atom stereocenters. The number of aliphatic hydroxyl groups is 2. The van der Waals surface area contributed by atoms with Gasteiger partial charge in [-0.2, -0.15) is 0 Å². The number of aliphatic hydroxyl groups excluding tert-OH is 2. The Kier molecular flexibility index (Phi) is 4.92. The van der Waals surface area contributed by atoms with Crippen LogP contribution in [0.25, 0.3) is 0 Å². The Morgan fingerprint density at radius 1 is 1.25 bits per heavy atom. The molecule has 154 valence electrons. The minimum atomic E-state index is -0.593. The van der Waals surface area contributed by atoms with Gasteiger partial charge in [0.05, 0.1) is 19.3 Å². The van der Waals surface area contributed by atoms with Crippen LogP contribution in [-0.4, -0.2) is 66.0 Å². The molecule has 0 aromatic heterocycles. The molecule has 1 saturated carbocycles. The predicted molar refractivity (Wildman–Crippen MR) is 104 cm³/mol. The molecular weight excluding hydrogens is 358 g/mol. The molecular formula is C22H31NO5. The molecule has 3 aliphatic carbocycles. The first-order chi connectivity index (χ1) is 13.3. The maximum atomic E-state index is 12.6. The molecule has 2 aliphatic heterocycles. The van der Waals surface area contributed by atoms with Crippen molar-refractivity contribution >= 4 is 5.78 Å². The van der Waals surface area contributed by atoms with Gasteiger partial charge >= 0.3 is 0 Å². The van der Waals surface area contributed by atoms with Gasteiger partial charge in [0, 0.05) is 23.3 Å². The lowest BCUT2D eigenvalue weighted by molar-refractivity contribution is -0.140. The van der Waals surface area contributed by atoms with Crippen molar-refractivity contribution in [2.24, 2.45) is 23.2 Å². The van der Waals surface area contributed by atoms with Crippen LogP contribution in [0.2, 0.25) is 0 Å². The molecule has 4 unspecified atom stereocenters. The van der Waals surface area contributed by atoms with E-state index in [0.717, 1.165) is 30.9 Å². The third-order valence-electron chi connectivity index (χ3n) is 7.42. The average molecular weight is 389 g/mol. The van der Waals surface area contributed by atoms with E-state index in [4.69, 9.17) is 19.7 Å². The lowest BCUT2D eigenvalue weighted by Gasteiger charge is -2.59. The fraction of sp³-hybridized carbons (Fsp3) is 0.682. The molecule has 2 heterocycles. The minimum absolute atomic E-state index is 0.0597. The zero-order valence-electron chi connectivity index (χ0n) is 17.0. The van der Waals surface area contributed by atoms with Crippen molar-refractivity contribution in [2.75, 3.05) is 20.7 Å². The Balaban J connectivity index is 0.000000283. The highest BCUT2D eigenvalue weighted by Crippen LogP contribution is 2.66. The largest absolute Gasteiger partial charge is 0.493 e. The van der Waals surface area contributed by atoms with Crippen LogP contribution in [0.3, 0.4) is 0 Å². The van der Waals surface area contributed by atoms with E-state index < -0.39 is 12.2 Å². The zero-order valence-corrected chi connectivity index (χ0v) is 17.0. The fourth-order valence-corrected chi connectivity index (χ4v) is 5.83. The van der Waals surface area contributed by atoms with Gasteiger partial charge in [0.15, 0.2) is 17.6 Å². The van der Waals surface area contributed by atoms with Crippen LogP contribution in [0.1, 0.15) is 26.7 Å². The second kappa shape index (κ2) is 7.01. The SMILES string of the molecule is CC(O)C(C)O.COC1=C2O[C@H]3C(=O)C=C[C@H]4[C@H]5CC(C=C1)C2[C@@]34CCN5C. The van der Waals surface area contributed by atoms with Crippen molar-refractivity contribution in [1.82, 2.24) is 4.90 Å². The quantitative estimate of drug-likeness (QED) is 0.748. The van der Waals surface area contributed by atoms with Crippen LogP contribution in [-0.2, 0) is 14.3 Å². The zero-order chi connectivity index (χ0) is 20.2. The van der Waals surface area contributed by atoms with Crippen molar-refractivity contribution in [1.29, 1.82) is 0 Å². The van der Waals surface area contributed by atoms with E-state index in [2.05, 4.69) is 24.1 Å². The number of allylic oxidation sites excluding steroid dienone is 3. The summed E-state index contributed by atoms with van der Waals surface area (Å²) in [5.74, 6) is 3.07. The standard InChI is InChI=1S/C18H21NO3.C4H10O2/c1-19-8-7-18-11-4-5-13(20)17(18)22-16-14(21-2)6-3-10(15(16)18)9-12(11)19;1-3(5)4(2)6/h3-6,10-12,15,17H,7-9H2,1-2H3;3-6H,1-2H3/t10?,11-,12+,15?,17-,18-;/m0./s1. The van der Waals surface area contributed by atoms with Crippen molar-refractivity contribution in [3.63, 3.8) is 0 Å². The van der Waals surface area contributed by atoms with Crippen LogP contribution in [0.4, 0.5) is 0 Å². The Bertz CT molecular complexity index is 733. The molecule has 0 amide bonds. The molecule has 5 aliphatic rings. The van der Waals surface area contributed by atoms with Gasteiger partial charge in [-0.25, -0.2) is 0 Å². The molecule has 3 fully saturated rings. The van der Waals surface area contributed by atoms with E-state index in [1.807, 2.05) is 6.08 Å². The van der Waals surface area contributed by atoms with Crippen LogP contribution < -0.4 is 0 Å². The highest BCUT2D eigenvalue weighted by atomic mass is 16.5. The van der Waals surface area contributed by atoms with E-state index in [0.29, 0.717) is 23.8 Å². The number of nitrogens with zero attached hydrogens (tertiary/aromatic N) is 1. The number of rotatable bonds is 2. The first-order valence-electron chi connectivity index (χ1n) is 10.2. The highest BCUT2D eigenvalue weighted by Gasteiger charge is 2.69. The second-order valence-electron chi connectivity index (χ2n) is 8.85. The highest BCUT2D eigenvalue weighted by molar-refractivity contribution is 5.96. The second-order valence-corrected chi connectivity index (χ2v) is 8.85. The maximum Gasteiger partial charge on any atom is 0.196 e. The number of likely N-dealkylation sites (tertiary alicyclic amines) is 1. The van der Waals surface area contributed by atoms with Gasteiger partial charge in [0.1, 0.15) is 5.76 Å². The molecule has 6 heteroatoms. The van der Waals surface area contributed by atoms with Crippen LogP contribution >= 0.6 is 0 Å². The number of carbonyl (C=O) groups excluding carboxylic acids is 1. The Hall–Kier alpha value is -1.63. The number of carbonyl (C=O) groups is 1. The first-order valence-corrected chi connectivity index (χ1v) is 10.2. The predicted octanol–water partition coefficient (Wildman–Crippen LogP) is 1.64. The van der Waals surface area contributed by atoms with E-state index in [1.165, 1.54) is 0 Å². The summed E-state index contributed by atoms with van der Waals surface area (Å²) in [6.45, 7) is 4.14. The topological polar surface area (TPSA) is 79.2 Å². The van der Waals surface area contributed by atoms with Gasteiger partial charge in [-0.3, -0.25) is 4.79 Å². The third kappa shape index (κ3) is 2.69. The molecule has 28 heavy (non-hydrogen) atoms. The van der Waals surface area contributed by atoms with Crippen LogP contribution in [0.5, 0.6) is 0 Å². The third-order valence-corrected chi connectivity index (χ3v) is 7.42. The lowest BCUT2D eigenvalue weighted by atomic mass is 9.48. The summed E-state index contributed by atoms with van der Waals surface area (Å²) < 4.78 is 11.8. The molecule has 6 nitrogen and oxygen atoms in total. The summed E-state index contributed by atoms with van der Waals surface area (Å²) in [4.78, 5) is 15.0. The molecule has 2 saturated heterocycles. The van der Waals surface area contributed by atoms with Crippen molar-refractivity contribution in [3.8, 4) is 0 Å². The molecule has 1 spiro atoms. The molecule has 0 radical (unpaired) electrons. The van der Waals surface area contributed by atoms with Gasteiger partial charge in [0.25, 0.3) is 0 Å². The smallest absolute Gasteiger partial charge is 0.196 e. The monoisotopic (exact) mass is 389 g/mol. The van der Waals surface area contributed by atoms with Gasteiger partial charge in [0.2, 0.25) is 0 Å². The van der Waals surface area contributed by atoms with Gasteiger partial charge < -0.3 is 24.6 Å². The van der Waals surface area contributed by atoms with E-state index in [-0.39, 0.29) is 17.3 Å². The number of ether oxygens (including phenoxy) is 2. The molecule has 2 N–H and O–H groups in total. The lowest BCUT2D eigenvalue weighted by Crippen LogP contribution is -2.64. The summed E-state index contributed by atoms with van der Waals surface area (Å²) >= 11 is 0. The minimum Gasteiger partial charge on any atom is -0.493 e. The molecule has 5 rings (SSSR count). The van der Waals surface area contributed by atoms with Crippen molar-refractivity contribution in [2.45, 2.75) is 51.0 Å². The maximum absolute atomic E-state index is 12.6. The summed E-state index contributed by atoms with van der Waals surface area (Å²) in [6.07, 6.45) is 8.93. The summed E-state index contributed by atoms with van der Waals surface area (Å²) in [6, 6.07) is 0.513. The Morgan fingerprint density at radius 3 is 2.61 bits per heavy atom. The summed E-state index contributed by atoms with van der Waals surface area (Å²) in [7, 11) is 3.91. The van der Waals surface area contributed by atoms with Gasteiger partial charge in [-0.15, -0.1) is 0 Å². The average Bonchev–Trinajstić information content (AvgIpc) is 3.02. The van der Waals surface area contributed by atoms with E-state index >= 15 is 0 Å². The number of methoxy groups -OCH3 is 1. The van der Waals surface area contributed by atoms with Crippen molar-refractivity contribution in [3.05, 3.63) is 35.8 Å². The fourth-order valence-electron chi connectivity index (χ4n) is 5.83. The first kappa shape index (κ1) is 19.7. The van der Waals surface area contributed by atoms with Crippen LogP contribution in [0.15, 0.2) is 35.8 Å². The van der Waals surface area contributed by atoms with Gasteiger partial charge in [-0.1, -0.05) is 12.2 Å². The normalized spacial score (nSPS) is 42.2. The Labute approximate surface area is 166 Å². The number of hydrogen-bond donors (Lipinski definition) is 2. The molecule has 0 aromatic rings. The summed E-state index contributed by atoms with van der Waals surface area (Å²) in [5.41, 5.74) is -0.0597. The molecule has 2 bridgehead atoms. The van der Waals surface area contributed by atoms with Crippen LogP contribution in [0, 0.1) is 23.2 Å². The summed E-state index contributed by atoms with van der Waals surface area (Å²) in [5, 5.41) is 16.8. The number of ketones is 1. The Morgan fingerprint density at radius 2 is 1.96 bits per heavy atom. The van der Waals surface area contributed by atoms with E-state index in [9.17, 15) is 4.79 Å².